The number of carbonyl (C=O) groups excluding carboxylic acids is 3. The van der Waals surface area contributed by atoms with Crippen LogP contribution in [0.25, 0.3) is 0 Å². The number of ketones is 1. The third-order valence-corrected chi connectivity index (χ3v) is 6.28. The third kappa shape index (κ3) is 2.60. The summed E-state index contributed by atoms with van der Waals surface area (Å²) in [6, 6.07) is 0. The summed E-state index contributed by atoms with van der Waals surface area (Å²) in [5.74, 6) is -2.76. The van der Waals surface area contributed by atoms with E-state index in [-0.39, 0.29) is 24.0 Å². The van der Waals surface area contributed by atoms with Crippen LogP contribution in [0.15, 0.2) is 12.2 Å². The fourth-order valence-electron chi connectivity index (χ4n) is 5.17. The topological polar surface area (TPSA) is 110 Å². The predicted molar refractivity (Wildman–Crippen MR) is 89.7 cm³/mol. The van der Waals surface area contributed by atoms with Crippen LogP contribution in [-0.4, -0.2) is 51.8 Å². The molecule has 2 N–H and O–H groups in total. The molecule has 0 radical (unpaired) electrons. The standard InChI is InChI=1S/C19H26O7/c1-9-7-13-15(19(24,8-10(2)20)17(23)26-13)16(25-11(3)21)18(4)12(9)5-6-14(18)22/h5-6,9-10,12-13,15-16,20,24H,7-8H2,1-4H3/t9-,10-,12+,13+,15-,16+,18+,19-/m1/s1. The Morgan fingerprint density at radius 1 is 1.46 bits per heavy atom. The molecule has 1 saturated heterocycles. The lowest BCUT2D eigenvalue weighted by Crippen LogP contribution is -2.57. The van der Waals surface area contributed by atoms with Crippen LogP contribution < -0.4 is 0 Å². The van der Waals surface area contributed by atoms with Gasteiger partial charge in [0.2, 0.25) is 0 Å². The molecule has 0 amide bonds. The van der Waals surface area contributed by atoms with Gasteiger partial charge in [0.05, 0.1) is 17.4 Å². The Morgan fingerprint density at radius 2 is 2.12 bits per heavy atom. The average Bonchev–Trinajstić information content (AvgIpc) is 2.89. The monoisotopic (exact) mass is 366 g/mol. The minimum Gasteiger partial charge on any atom is -0.461 e. The van der Waals surface area contributed by atoms with Crippen LogP contribution in [0.4, 0.5) is 0 Å². The zero-order valence-electron chi connectivity index (χ0n) is 15.5. The average molecular weight is 366 g/mol. The van der Waals surface area contributed by atoms with Crippen LogP contribution in [0.2, 0.25) is 0 Å². The zero-order valence-corrected chi connectivity index (χ0v) is 15.5. The number of ether oxygens (including phenoxy) is 2. The highest BCUT2D eigenvalue weighted by molar-refractivity contribution is 5.98. The van der Waals surface area contributed by atoms with E-state index in [0.717, 1.165) is 0 Å². The number of hydrogen-bond donors (Lipinski definition) is 2. The van der Waals surface area contributed by atoms with Crippen molar-refractivity contribution >= 4 is 17.7 Å². The van der Waals surface area contributed by atoms with E-state index in [1.54, 1.807) is 6.92 Å². The fourth-order valence-corrected chi connectivity index (χ4v) is 5.17. The van der Waals surface area contributed by atoms with Gasteiger partial charge in [-0.05, 0) is 38.2 Å². The normalized spacial score (nSPS) is 45.5. The van der Waals surface area contributed by atoms with Gasteiger partial charge in [0, 0.05) is 13.3 Å². The minimum atomic E-state index is -2.01. The van der Waals surface area contributed by atoms with E-state index in [9.17, 15) is 24.6 Å². The lowest BCUT2D eigenvalue weighted by molar-refractivity contribution is -0.177. The summed E-state index contributed by atoms with van der Waals surface area (Å²) in [4.78, 5) is 37.1. The quantitative estimate of drug-likeness (QED) is 0.710. The number of fused-ring (bicyclic) bond motifs is 2. The second kappa shape index (κ2) is 6.16. The van der Waals surface area contributed by atoms with Crippen LogP contribution in [0.1, 0.15) is 40.5 Å². The van der Waals surface area contributed by atoms with Gasteiger partial charge in [-0.3, -0.25) is 9.59 Å². The van der Waals surface area contributed by atoms with Crippen molar-refractivity contribution in [3.63, 3.8) is 0 Å². The lowest BCUT2D eigenvalue weighted by atomic mass is 9.65. The molecule has 2 fully saturated rings. The minimum absolute atomic E-state index is 0.0162. The van der Waals surface area contributed by atoms with Gasteiger partial charge in [-0.25, -0.2) is 4.79 Å². The van der Waals surface area contributed by atoms with Crippen LogP contribution in [0.5, 0.6) is 0 Å². The van der Waals surface area contributed by atoms with E-state index in [4.69, 9.17) is 9.47 Å². The maximum atomic E-state index is 12.8. The summed E-state index contributed by atoms with van der Waals surface area (Å²) < 4.78 is 11.0. The van der Waals surface area contributed by atoms with Gasteiger partial charge in [-0.1, -0.05) is 13.0 Å². The Balaban J connectivity index is 2.15. The molecule has 0 aromatic heterocycles. The fraction of sp³-hybridized carbons (Fsp3) is 0.737. The first-order valence-electron chi connectivity index (χ1n) is 9.03. The van der Waals surface area contributed by atoms with Gasteiger partial charge in [0.15, 0.2) is 11.4 Å². The summed E-state index contributed by atoms with van der Waals surface area (Å²) in [6.45, 7) is 6.38. The van der Waals surface area contributed by atoms with Crippen LogP contribution in [-0.2, 0) is 23.9 Å². The van der Waals surface area contributed by atoms with E-state index in [1.807, 2.05) is 13.0 Å². The lowest BCUT2D eigenvalue weighted by Gasteiger charge is -2.42. The van der Waals surface area contributed by atoms with Gasteiger partial charge in [-0.15, -0.1) is 0 Å². The largest absolute Gasteiger partial charge is 0.461 e. The molecule has 1 heterocycles. The van der Waals surface area contributed by atoms with Crippen molar-refractivity contribution in [1.29, 1.82) is 0 Å². The Kier molecular flexibility index (Phi) is 4.51. The van der Waals surface area contributed by atoms with Crippen molar-refractivity contribution in [1.82, 2.24) is 0 Å². The molecule has 2 aliphatic carbocycles. The second-order valence-electron chi connectivity index (χ2n) is 8.22. The molecule has 3 aliphatic rings. The van der Waals surface area contributed by atoms with E-state index >= 15 is 0 Å². The van der Waals surface area contributed by atoms with E-state index in [2.05, 4.69) is 0 Å². The maximum absolute atomic E-state index is 12.8. The molecule has 0 unspecified atom stereocenters. The van der Waals surface area contributed by atoms with Crippen molar-refractivity contribution in [2.45, 2.75) is 64.4 Å². The molecule has 0 aromatic rings. The summed E-state index contributed by atoms with van der Waals surface area (Å²) in [5.41, 5.74) is -3.11. The summed E-state index contributed by atoms with van der Waals surface area (Å²) in [6.07, 6.45) is 0.817. The Hall–Kier alpha value is -1.73. The van der Waals surface area contributed by atoms with Gasteiger partial charge >= 0.3 is 11.9 Å². The Morgan fingerprint density at radius 3 is 2.69 bits per heavy atom. The molecule has 1 saturated carbocycles. The first-order chi connectivity index (χ1) is 12.0. The second-order valence-corrected chi connectivity index (χ2v) is 8.22. The number of esters is 2. The molecule has 7 heteroatoms. The Bertz CT molecular complexity index is 669. The highest BCUT2D eigenvalue weighted by atomic mass is 16.6. The van der Waals surface area contributed by atoms with Crippen molar-refractivity contribution < 1.29 is 34.1 Å². The Labute approximate surface area is 152 Å². The van der Waals surface area contributed by atoms with Crippen LogP contribution in [0.3, 0.4) is 0 Å². The van der Waals surface area contributed by atoms with Crippen molar-refractivity contribution in [3.05, 3.63) is 12.2 Å². The van der Waals surface area contributed by atoms with Gasteiger partial charge in [0.1, 0.15) is 12.2 Å². The van der Waals surface area contributed by atoms with E-state index in [0.29, 0.717) is 6.42 Å². The third-order valence-electron chi connectivity index (χ3n) is 6.28. The number of aliphatic hydroxyl groups is 2. The number of hydrogen-bond acceptors (Lipinski definition) is 7. The number of carbonyl (C=O) groups is 3. The number of allylic oxidation sites excluding steroid dienone is 2. The molecule has 7 nitrogen and oxygen atoms in total. The van der Waals surface area contributed by atoms with E-state index in [1.165, 1.54) is 19.9 Å². The van der Waals surface area contributed by atoms with Gasteiger partial charge in [0.25, 0.3) is 0 Å². The molecule has 144 valence electrons. The maximum Gasteiger partial charge on any atom is 0.339 e. The van der Waals surface area contributed by atoms with Crippen LogP contribution >= 0.6 is 0 Å². The molecule has 0 aromatic carbocycles. The number of aliphatic hydroxyl groups excluding tert-OH is 1. The van der Waals surface area contributed by atoms with E-state index < -0.39 is 47.2 Å². The van der Waals surface area contributed by atoms with Crippen molar-refractivity contribution in [2.24, 2.45) is 23.2 Å². The smallest absolute Gasteiger partial charge is 0.339 e. The van der Waals surface area contributed by atoms with Crippen LogP contribution in [0, 0.1) is 23.2 Å². The van der Waals surface area contributed by atoms with Gasteiger partial charge < -0.3 is 19.7 Å². The molecular formula is C19H26O7. The molecule has 0 bridgehead atoms. The number of rotatable bonds is 3. The molecule has 3 rings (SSSR count). The summed E-state index contributed by atoms with van der Waals surface area (Å²) in [7, 11) is 0. The molecular weight excluding hydrogens is 340 g/mol. The first kappa shape index (κ1) is 19.0. The van der Waals surface area contributed by atoms with Gasteiger partial charge in [-0.2, -0.15) is 0 Å². The highest BCUT2D eigenvalue weighted by Gasteiger charge is 2.68. The molecule has 1 aliphatic heterocycles. The predicted octanol–water partition coefficient (Wildman–Crippen LogP) is 0.763. The highest BCUT2D eigenvalue weighted by Crippen LogP contribution is 2.56. The van der Waals surface area contributed by atoms with Crippen molar-refractivity contribution in [2.75, 3.05) is 0 Å². The first-order valence-corrected chi connectivity index (χ1v) is 9.03. The molecule has 8 atom stereocenters. The summed E-state index contributed by atoms with van der Waals surface area (Å²) >= 11 is 0. The zero-order chi connectivity index (χ0) is 19.4. The summed E-state index contributed by atoms with van der Waals surface area (Å²) in [5, 5.41) is 21.0. The van der Waals surface area contributed by atoms with Crippen molar-refractivity contribution in [3.8, 4) is 0 Å². The molecule has 0 spiro atoms. The SMILES string of the molecule is CC(=O)O[C@H]1[C@H]2[C@H](C[C@@H](C)[C@@H]3C=CC(=O)[C@]31C)OC(=O)[C@@]2(O)C[C@@H](C)O. The molecule has 26 heavy (non-hydrogen) atoms.